The first kappa shape index (κ1) is 51.3. The number of ether oxygens (including phenoxy) is 4. The molecule has 1 aliphatic carbocycles. The number of nitrogen functional groups attached to an aromatic ring is 1. The molecule has 4 unspecified atom stereocenters. The molecule has 0 bridgehead atoms. The van der Waals surface area contributed by atoms with E-state index in [1.54, 1.807) is 32.4 Å². The van der Waals surface area contributed by atoms with Crippen molar-refractivity contribution in [1.29, 1.82) is 0 Å². The standard InChI is InChI=1S/C33H52N5O15P3S4/c1-32(2,3)59-58-22-48-25-16-27(51-26(25)18-49-55(43,44)53-56(45,46)52-54(40,41)42)38-17-23(28-29(34)36-20-37-30(28)38)12-11-15-47-21-57-60-33(4,5)19-35-31(39)50-24-13-9-7-6-8-10-14-24/h6-7,17,20,24-27H,8-10,13-16,18-19,21-22H2,1-5H3,(H,35,39)(H,43,44)(H,45,46)(H2,34,36,37)(H2,40,41,42)/b7-6+/t24?,25?,26-,27-/m1/s1. The number of rotatable bonds is 20. The third kappa shape index (κ3) is 18.4. The SMILES string of the molecule is CC(C)(C)SSCOC1C[C@H](n2cc(C#CCOCSSC(C)(C)CNC(=O)OC3CC/C=C/CCC3)c3c(N)ncnc32)O[C@@H]1COP(=O)(O)OP(=O)(O)OP(=O)(O)O. The van der Waals surface area contributed by atoms with Gasteiger partial charge in [-0.25, -0.2) is 28.5 Å². The molecule has 2 aromatic heterocycles. The number of nitrogens with zero attached hydrogens (tertiary/aromatic N) is 3. The molecule has 27 heteroatoms. The zero-order valence-corrected chi connectivity index (χ0v) is 39.5. The van der Waals surface area contributed by atoms with Crippen LogP contribution < -0.4 is 11.1 Å². The van der Waals surface area contributed by atoms with Crippen molar-refractivity contribution < 1.29 is 70.2 Å². The summed E-state index contributed by atoms with van der Waals surface area (Å²) in [7, 11) is -10.7. The summed E-state index contributed by atoms with van der Waals surface area (Å²) in [5.74, 6) is 6.70. The molecule has 60 heavy (non-hydrogen) atoms. The van der Waals surface area contributed by atoms with E-state index >= 15 is 0 Å². The Morgan fingerprint density at radius 1 is 1.02 bits per heavy atom. The molecule has 0 saturated carbocycles. The molecule has 1 aliphatic heterocycles. The zero-order chi connectivity index (χ0) is 44.2. The van der Waals surface area contributed by atoms with Gasteiger partial charge in [-0.05, 0) is 46.0 Å². The Kier molecular flexibility index (Phi) is 19.7. The van der Waals surface area contributed by atoms with Crippen LogP contribution >= 0.6 is 66.6 Å². The summed E-state index contributed by atoms with van der Waals surface area (Å²) in [6.07, 6.45) is 8.88. The molecule has 2 aromatic rings. The fraction of sp³-hybridized carbons (Fsp3) is 0.667. The average Bonchev–Trinajstić information content (AvgIpc) is 3.69. The van der Waals surface area contributed by atoms with Gasteiger partial charge in [-0.1, -0.05) is 87.9 Å². The molecule has 1 fully saturated rings. The van der Waals surface area contributed by atoms with Gasteiger partial charge in [0.1, 0.15) is 54.7 Å². The van der Waals surface area contributed by atoms with Crippen LogP contribution in [0.5, 0.6) is 0 Å². The second kappa shape index (κ2) is 23.0. The summed E-state index contributed by atoms with van der Waals surface area (Å²) in [6, 6.07) is 0. The van der Waals surface area contributed by atoms with Gasteiger partial charge in [0.2, 0.25) is 0 Å². The van der Waals surface area contributed by atoms with Crippen molar-refractivity contribution in [3.05, 3.63) is 30.2 Å². The second-order valence-corrected chi connectivity index (χ2v) is 25.3. The third-order valence-corrected chi connectivity index (χ3v) is 17.8. The molecule has 4 rings (SSSR count). The van der Waals surface area contributed by atoms with Gasteiger partial charge in [0.05, 0.1) is 23.7 Å². The highest BCUT2D eigenvalue weighted by atomic mass is 33.1. The van der Waals surface area contributed by atoms with Crippen molar-refractivity contribution in [3.8, 4) is 11.8 Å². The molecule has 0 aromatic carbocycles. The Bertz CT molecular complexity index is 1990. The summed E-state index contributed by atoms with van der Waals surface area (Å²) < 4.78 is 72.9. The lowest BCUT2D eigenvalue weighted by molar-refractivity contribution is -0.0520. The van der Waals surface area contributed by atoms with Crippen LogP contribution in [-0.4, -0.2) is 99.6 Å². The number of aromatic nitrogens is 3. The molecule has 6 atom stereocenters. The number of anilines is 1. The number of phosphoric ester groups is 1. The monoisotopic (exact) mass is 979 g/mol. The van der Waals surface area contributed by atoms with E-state index in [0.29, 0.717) is 29.1 Å². The molecule has 3 heterocycles. The smallest absolute Gasteiger partial charge is 0.446 e. The third-order valence-electron chi connectivity index (χ3n) is 8.05. The largest absolute Gasteiger partial charge is 0.490 e. The summed E-state index contributed by atoms with van der Waals surface area (Å²) >= 11 is 0. The van der Waals surface area contributed by atoms with Gasteiger partial charge in [0.25, 0.3) is 0 Å². The molecule has 2 aliphatic rings. The highest BCUT2D eigenvalue weighted by molar-refractivity contribution is 8.77. The van der Waals surface area contributed by atoms with E-state index in [2.05, 4.69) is 47.9 Å². The van der Waals surface area contributed by atoms with Gasteiger partial charge in [-0.2, -0.15) is 8.62 Å². The minimum atomic E-state index is -5.73. The van der Waals surface area contributed by atoms with E-state index in [4.69, 9.17) is 39.0 Å². The molecule has 20 nitrogen and oxygen atoms in total. The number of nitrogens with two attached hydrogens (primary N) is 1. The predicted molar refractivity (Wildman–Crippen MR) is 232 cm³/mol. The maximum atomic E-state index is 12.5. The Labute approximate surface area is 364 Å². The number of amides is 1. The number of phosphoric acid groups is 3. The van der Waals surface area contributed by atoms with E-state index in [9.17, 15) is 28.3 Å². The van der Waals surface area contributed by atoms with Crippen molar-refractivity contribution in [2.45, 2.75) is 107 Å². The van der Waals surface area contributed by atoms with E-state index < -0.39 is 54.6 Å². The van der Waals surface area contributed by atoms with Crippen molar-refractivity contribution in [2.75, 3.05) is 37.4 Å². The molecule has 1 saturated heterocycles. The Morgan fingerprint density at radius 2 is 1.75 bits per heavy atom. The number of carbonyl (C=O) groups is 1. The number of fused-ring (bicyclic) bond motifs is 1. The van der Waals surface area contributed by atoms with Gasteiger partial charge in [0, 0.05) is 28.7 Å². The summed E-state index contributed by atoms with van der Waals surface area (Å²) in [5.41, 5.74) is 7.11. The molecular formula is C33H52N5O15P3S4. The first-order valence-electron chi connectivity index (χ1n) is 18.5. The molecule has 1 amide bonds. The maximum Gasteiger partial charge on any atom is 0.490 e. The number of allylic oxidation sites excluding steroid dienone is 2. The predicted octanol–water partition coefficient (Wildman–Crippen LogP) is 7.27. The van der Waals surface area contributed by atoms with Gasteiger partial charge < -0.3 is 54.1 Å². The van der Waals surface area contributed by atoms with Crippen molar-refractivity contribution >= 4 is 89.6 Å². The van der Waals surface area contributed by atoms with Gasteiger partial charge >= 0.3 is 29.6 Å². The number of hydrogen-bond acceptors (Lipinski definition) is 18. The lowest BCUT2D eigenvalue weighted by Gasteiger charge is -2.24. The van der Waals surface area contributed by atoms with Crippen molar-refractivity contribution in [3.63, 3.8) is 0 Å². The van der Waals surface area contributed by atoms with E-state index in [1.165, 1.54) is 27.9 Å². The van der Waals surface area contributed by atoms with E-state index in [1.807, 2.05) is 34.6 Å². The number of hydrogen-bond donors (Lipinski definition) is 6. The quantitative estimate of drug-likeness (QED) is 0.0190. The average molecular weight is 980 g/mol. The maximum absolute atomic E-state index is 12.5. The minimum absolute atomic E-state index is 0.0802. The highest BCUT2D eigenvalue weighted by Crippen LogP contribution is 2.66. The fourth-order valence-corrected chi connectivity index (χ4v) is 12.8. The molecule has 7 N–H and O–H groups in total. The first-order valence-corrected chi connectivity index (χ1v) is 27.6. The lowest BCUT2D eigenvalue weighted by atomic mass is 10.0. The topological polar surface area (TPSA) is 283 Å². The molecule has 0 spiro atoms. The number of carbonyl (C=O) groups excluding carboxylic acids is 1. The second-order valence-electron chi connectivity index (χ2n) is 14.9. The van der Waals surface area contributed by atoms with Gasteiger partial charge in [0.15, 0.2) is 0 Å². The van der Waals surface area contributed by atoms with Crippen molar-refractivity contribution in [2.24, 2.45) is 0 Å². The van der Waals surface area contributed by atoms with Crippen LogP contribution in [0.2, 0.25) is 0 Å². The summed E-state index contributed by atoms with van der Waals surface area (Å²) in [5, 5.41) is 3.33. The van der Waals surface area contributed by atoms with Crippen LogP contribution in [0.25, 0.3) is 11.0 Å². The van der Waals surface area contributed by atoms with Crippen molar-refractivity contribution in [1.82, 2.24) is 19.9 Å². The lowest BCUT2D eigenvalue weighted by Crippen LogP contribution is -2.37. The van der Waals surface area contributed by atoms with Crippen LogP contribution in [0, 0.1) is 11.8 Å². The van der Waals surface area contributed by atoms with Crippen LogP contribution in [0.3, 0.4) is 0 Å². The van der Waals surface area contributed by atoms with Crippen LogP contribution in [0.4, 0.5) is 10.6 Å². The Balaban J connectivity index is 1.35. The fourth-order valence-electron chi connectivity index (χ4n) is 5.60. The molecule has 0 radical (unpaired) electrons. The first-order chi connectivity index (χ1) is 28.0. The van der Waals surface area contributed by atoms with Crippen LogP contribution in [0.1, 0.15) is 84.9 Å². The highest BCUT2D eigenvalue weighted by Gasteiger charge is 2.44. The summed E-state index contributed by atoms with van der Waals surface area (Å²) in [4.78, 5) is 58.3. The molecular weight excluding hydrogens is 928 g/mol. The van der Waals surface area contributed by atoms with Gasteiger partial charge in [-0.15, -0.1) is 0 Å². The minimum Gasteiger partial charge on any atom is -0.446 e. The Hall–Kier alpha value is -1.32. The Morgan fingerprint density at radius 3 is 2.48 bits per heavy atom. The van der Waals surface area contributed by atoms with Crippen LogP contribution in [0.15, 0.2) is 24.7 Å². The van der Waals surface area contributed by atoms with E-state index in [0.717, 1.165) is 32.1 Å². The molecule has 338 valence electrons. The normalized spacial score (nSPS) is 22.8. The summed E-state index contributed by atoms with van der Waals surface area (Å²) in [6.45, 7) is 9.89. The van der Waals surface area contributed by atoms with Crippen LogP contribution in [-0.2, 0) is 45.8 Å². The number of alkyl carbamates (subject to hydrolysis) is 1. The number of nitrogens with one attached hydrogen (secondary N) is 1. The van der Waals surface area contributed by atoms with Gasteiger partial charge in [-0.3, -0.25) is 4.52 Å². The van der Waals surface area contributed by atoms with E-state index in [-0.39, 0.29) is 40.4 Å². The zero-order valence-electron chi connectivity index (χ0n) is 33.6.